The Kier molecular flexibility index (Phi) is 6.34. The maximum Gasteiger partial charge on any atom is 0.513 e. The lowest BCUT2D eigenvalue weighted by atomic mass is 10.3. The third kappa shape index (κ3) is 5.35. The molecule has 0 aliphatic rings. The molecule has 2 aromatic carbocycles. The van der Waals surface area contributed by atoms with Gasteiger partial charge in [-0.1, -0.05) is 11.6 Å². The fourth-order valence-corrected chi connectivity index (χ4v) is 2.02. The van der Waals surface area contributed by atoms with Crippen molar-refractivity contribution in [3.8, 4) is 5.75 Å². The number of nitro groups is 1. The third-order valence-corrected chi connectivity index (χ3v) is 3.31. The maximum atomic E-state index is 12.0. The number of hydrogen-bond acceptors (Lipinski definition) is 6. The Bertz CT molecular complexity index is 825. The average Bonchev–Trinajstić information content (AvgIpc) is 2.58. The zero-order chi connectivity index (χ0) is 19.1. The van der Waals surface area contributed by atoms with Crippen LogP contribution >= 0.6 is 11.6 Å². The van der Waals surface area contributed by atoms with Crippen molar-refractivity contribution in [1.29, 1.82) is 0 Å². The molecule has 0 saturated carbocycles. The van der Waals surface area contributed by atoms with E-state index in [2.05, 4.69) is 15.4 Å². The van der Waals surface area contributed by atoms with Crippen LogP contribution in [0.5, 0.6) is 5.75 Å². The van der Waals surface area contributed by atoms with Gasteiger partial charge < -0.3 is 20.1 Å². The number of carbonyl (C=O) groups is 2. The van der Waals surface area contributed by atoms with E-state index in [4.69, 9.17) is 16.3 Å². The highest BCUT2D eigenvalue weighted by Gasteiger charge is 2.12. The number of ether oxygens (including phenoxy) is 2. The van der Waals surface area contributed by atoms with Crippen molar-refractivity contribution in [3.63, 3.8) is 0 Å². The minimum atomic E-state index is -0.828. The van der Waals surface area contributed by atoms with Gasteiger partial charge in [-0.05, 0) is 37.3 Å². The summed E-state index contributed by atoms with van der Waals surface area (Å²) in [7, 11) is 0. The van der Waals surface area contributed by atoms with Gasteiger partial charge in [0.2, 0.25) is 0 Å². The maximum absolute atomic E-state index is 12.0. The molecule has 0 radical (unpaired) electrons. The van der Waals surface area contributed by atoms with Crippen molar-refractivity contribution in [3.05, 3.63) is 57.6 Å². The standard InChI is InChI=1S/C16H14ClN3O6/c1-2-25-16(22)26-12-6-3-10(4-7-12)18-15(21)19-14-9-11(20(23)24)5-8-13(14)17/h3-9H,2H2,1H3,(H2,18,19,21). The van der Waals surface area contributed by atoms with E-state index >= 15 is 0 Å². The second kappa shape index (κ2) is 8.67. The number of urea groups is 1. The number of nitrogens with zero attached hydrogens (tertiary/aromatic N) is 1. The van der Waals surface area contributed by atoms with Crippen molar-refractivity contribution >= 4 is 40.8 Å². The number of nitrogens with one attached hydrogen (secondary N) is 2. The fraction of sp³-hybridized carbons (Fsp3) is 0.125. The molecule has 0 atom stereocenters. The predicted molar refractivity (Wildman–Crippen MR) is 94.8 cm³/mol. The number of rotatable bonds is 5. The number of anilines is 2. The highest BCUT2D eigenvalue weighted by Crippen LogP contribution is 2.27. The Hall–Kier alpha value is -3.33. The Morgan fingerprint density at radius 1 is 1.15 bits per heavy atom. The highest BCUT2D eigenvalue weighted by atomic mass is 35.5. The Labute approximate surface area is 153 Å². The first-order valence-electron chi connectivity index (χ1n) is 7.35. The summed E-state index contributed by atoms with van der Waals surface area (Å²) in [6.45, 7) is 1.85. The smallest absolute Gasteiger partial charge is 0.434 e. The van der Waals surface area contributed by atoms with Crippen molar-refractivity contribution in [2.75, 3.05) is 17.2 Å². The van der Waals surface area contributed by atoms with Crippen LogP contribution in [0.25, 0.3) is 0 Å². The summed E-state index contributed by atoms with van der Waals surface area (Å²) in [6, 6.07) is 8.99. The lowest BCUT2D eigenvalue weighted by Crippen LogP contribution is -2.19. The molecule has 0 bridgehead atoms. The van der Waals surface area contributed by atoms with Gasteiger partial charge in [0.1, 0.15) is 5.75 Å². The number of nitro benzene ring substituents is 1. The second-order valence-electron chi connectivity index (χ2n) is 4.81. The van der Waals surface area contributed by atoms with E-state index in [1.165, 1.54) is 36.4 Å². The summed E-state index contributed by atoms with van der Waals surface area (Å²) >= 11 is 5.92. The first-order chi connectivity index (χ1) is 12.4. The Morgan fingerprint density at radius 2 is 1.85 bits per heavy atom. The van der Waals surface area contributed by atoms with Gasteiger partial charge in [-0.3, -0.25) is 10.1 Å². The van der Waals surface area contributed by atoms with Crippen LogP contribution in [0.1, 0.15) is 6.92 Å². The van der Waals surface area contributed by atoms with Gasteiger partial charge in [0.25, 0.3) is 5.69 Å². The van der Waals surface area contributed by atoms with Gasteiger partial charge in [0.05, 0.1) is 22.2 Å². The summed E-state index contributed by atoms with van der Waals surface area (Å²) < 4.78 is 9.53. The van der Waals surface area contributed by atoms with Crippen LogP contribution in [0.4, 0.5) is 26.7 Å². The largest absolute Gasteiger partial charge is 0.513 e. The summed E-state index contributed by atoms with van der Waals surface area (Å²) in [4.78, 5) is 33.4. The zero-order valence-electron chi connectivity index (χ0n) is 13.5. The first-order valence-corrected chi connectivity index (χ1v) is 7.73. The summed E-state index contributed by atoms with van der Waals surface area (Å²) in [5.41, 5.74) is 0.297. The molecular weight excluding hydrogens is 366 g/mol. The molecule has 0 aliphatic heterocycles. The molecular formula is C16H14ClN3O6. The number of non-ortho nitro benzene ring substituents is 1. The summed E-state index contributed by atoms with van der Waals surface area (Å²) in [5, 5.41) is 15.9. The molecule has 2 N–H and O–H groups in total. The lowest BCUT2D eigenvalue weighted by molar-refractivity contribution is -0.384. The average molecular weight is 380 g/mol. The number of carbonyl (C=O) groups excluding carboxylic acids is 2. The molecule has 136 valence electrons. The van der Waals surface area contributed by atoms with E-state index in [0.29, 0.717) is 5.69 Å². The van der Waals surface area contributed by atoms with Crippen molar-refractivity contribution in [1.82, 2.24) is 0 Å². The molecule has 0 aromatic heterocycles. The van der Waals surface area contributed by atoms with Crippen LogP contribution in [-0.2, 0) is 4.74 Å². The molecule has 0 saturated heterocycles. The van der Waals surface area contributed by atoms with E-state index < -0.39 is 17.1 Å². The minimum Gasteiger partial charge on any atom is -0.434 e. The van der Waals surface area contributed by atoms with E-state index in [1.807, 2.05) is 0 Å². The van der Waals surface area contributed by atoms with Crippen molar-refractivity contribution in [2.24, 2.45) is 0 Å². The molecule has 0 fully saturated rings. The Morgan fingerprint density at radius 3 is 2.46 bits per heavy atom. The number of halogens is 1. The molecule has 0 heterocycles. The molecule has 0 unspecified atom stereocenters. The Balaban J connectivity index is 1.99. The van der Waals surface area contributed by atoms with Gasteiger partial charge in [-0.25, -0.2) is 9.59 Å². The molecule has 0 spiro atoms. The number of amides is 2. The van der Waals surface area contributed by atoms with Crippen LogP contribution in [0.3, 0.4) is 0 Å². The normalized spacial score (nSPS) is 9.92. The van der Waals surface area contributed by atoms with Gasteiger partial charge in [0.15, 0.2) is 0 Å². The molecule has 10 heteroatoms. The molecule has 9 nitrogen and oxygen atoms in total. The SMILES string of the molecule is CCOC(=O)Oc1ccc(NC(=O)Nc2cc([N+](=O)[O-])ccc2Cl)cc1. The van der Waals surface area contributed by atoms with Crippen LogP contribution in [0, 0.1) is 10.1 Å². The molecule has 0 aliphatic carbocycles. The fourth-order valence-electron chi connectivity index (χ4n) is 1.86. The first kappa shape index (κ1) is 19.0. The number of hydrogen-bond donors (Lipinski definition) is 2. The van der Waals surface area contributed by atoms with E-state index in [0.717, 1.165) is 6.07 Å². The molecule has 2 aromatic rings. The quantitative estimate of drug-likeness (QED) is 0.343. The highest BCUT2D eigenvalue weighted by molar-refractivity contribution is 6.33. The molecule has 26 heavy (non-hydrogen) atoms. The van der Waals surface area contributed by atoms with Gasteiger partial charge >= 0.3 is 12.2 Å². The van der Waals surface area contributed by atoms with Gasteiger partial charge in [-0.15, -0.1) is 0 Å². The van der Waals surface area contributed by atoms with Gasteiger partial charge in [0, 0.05) is 17.8 Å². The third-order valence-electron chi connectivity index (χ3n) is 2.98. The van der Waals surface area contributed by atoms with E-state index in [1.54, 1.807) is 6.92 Å². The van der Waals surface area contributed by atoms with Crippen molar-refractivity contribution in [2.45, 2.75) is 6.92 Å². The minimum absolute atomic E-state index is 0.0978. The monoisotopic (exact) mass is 379 g/mol. The van der Waals surface area contributed by atoms with E-state index in [-0.39, 0.29) is 28.8 Å². The van der Waals surface area contributed by atoms with Crippen molar-refractivity contribution < 1.29 is 24.0 Å². The molecule has 2 rings (SSSR count). The molecule has 2 amide bonds. The van der Waals surface area contributed by atoms with E-state index in [9.17, 15) is 19.7 Å². The van der Waals surface area contributed by atoms with Crippen LogP contribution in [-0.4, -0.2) is 23.7 Å². The van der Waals surface area contributed by atoms with Crippen LogP contribution in [0.2, 0.25) is 5.02 Å². The summed E-state index contributed by atoms with van der Waals surface area (Å²) in [5.74, 6) is 0.246. The topological polar surface area (TPSA) is 120 Å². The number of benzene rings is 2. The van der Waals surface area contributed by atoms with Gasteiger partial charge in [-0.2, -0.15) is 0 Å². The predicted octanol–water partition coefficient (Wildman–Crippen LogP) is 4.43. The summed E-state index contributed by atoms with van der Waals surface area (Å²) in [6.07, 6.45) is -0.828. The zero-order valence-corrected chi connectivity index (χ0v) is 14.3. The van der Waals surface area contributed by atoms with Crippen LogP contribution in [0.15, 0.2) is 42.5 Å². The lowest BCUT2D eigenvalue weighted by Gasteiger charge is -2.09. The second-order valence-corrected chi connectivity index (χ2v) is 5.22. The van der Waals surface area contributed by atoms with Crippen LogP contribution < -0.4 is 15.4 Å².